The Kier molecular flexibility index (Phi) is 6.04. The van der Waals surface area contributed by atoms with E-state index in [1.807, 2.05) is 49.2 Å². The Labute approximate surface area is 115 Å². The Morgan fingerprint density at radius 1 is 1.32 bits per heavy atom. The maximum absolute atomic E-state index is 12.2. The van der Waals surface area contributed by atoms with Gasteiger partial charge in [0, 0.05) is 20.1 Å². The van der Waals surface area contributed by atoms with Gasteiger partial charge in [-0.15, -0.1) is 0 Å². The molecule has 0 spiro atoms. The first-order chi connectivity index (χ1) is 9.06. The fourth-order valence-corrected chi connectivity index (χ4v) is 1.84. The average Bonchev–Trinajstić information content (AvgIpc) is 2.44. The molecule has 102 valence electrons. The SMILES string of the molecule is CC(C(=O)N(C)CCC#N)N(C)Cc1ccccc1. The van der Waals surface area contributed by atoms with E-state index in [2.05, 4.69) is 6.07 Å². The summed E-state index contributed by atoms with van der Waals surface area (Å²) >= 11 is 0. The number of carbonyl (C=O) groups excluding carboxylic acids is 1. The maximum Gasteiger partial charge on any atom is 0.239 e. The van der Waals surface area contributed by atoms with Gasteiger partial charge in [-0.05, 0) is 19.5 Å². The number of hydrogen-bond donors (Lipinski definition) is 0. The Balaban J connectivity index is 2.54. The van der Waals surface area contributed by atoms with E-state index in [4.69, 9.17) is 5.26 Å². The molecule has 0 aliphatic heterocycles. The lowest BCUT2D eigenvalue weighted by atomic mass is 10.2. The van der Waals surface area contributed by atoms with Gasteiger partial charge in [-0.3, -0.25) is 9.69 Å². The number of carbonyl (C=O) groups is 1. The Hall–Kier alpha value is -1.86. The number of benzene rings is 1. The van der Waals surface area contributed by atoms with Crippen LogP contribution in [0.3, 0.4) is 0 Å². The molecule has 1 aromatic rings. The molecule has 4 nitrogen and oxygen atoms in total. The third-order valence-corrected chi connectivity index (χ3v) is 3.23. The number of rotatable bonds is 6. The van der Waals surface area contributed by atoms with Crippen molar-refractivity contribution >= 4 is 5.91 Å². The van der Waals surface area contributed by atoms with Gasteiger partial charge in [0.1, 0.15) is 0 Å². The highest BCUT2D eigenvalue weighted by Gasteiger charge is 2.21. The summed E-state index contributed by atoms with van der Waals surface area (Å²) in [6, 6.07) is 11.9. The highest BCUT2D eigenvalue weighted by atomic mass is 16.2. The van der Waals surface area contributed by atoms with Crippen LogP contribution in [-0.2, 0) is 11.3 Å². The monoisotopic (exact) mass is 259 g/mol. The van der Waals surface area contributed by atoms with Crippen molar-refractivity contribution in [1.82, 2.24) is 9.80 Å². The van der Waals surface area contributed by atoms with Gasteiger partial charge in [-0.25, -0.2) is 0 Å². The molecule has 1 aromatic carbocycles. The first-order valence-corrected chi connectivity index (χ1v) is 6.42. The minimum Gasteiger partial charge on any atom is -0.343 e. The number of amides is 1. The van der Waals surface area contributed by atoms with Crippen molar-refractivity contribution in [3.05, 3.63) is 35.9 Å². The zero-order chi connectivity index (χ0) is 14.3. The van der Waals surface area contributed by atoms with Crippen molar-refractivity contribution < 1.29 is 4.79 Å². The summed E-state index contributed by atoms with van der Waals surface area (Å²) in [6.45, 7) is 3.12. The molecule has 1 rings (SSSR count). The van der Waals surface area contributed by atoms with Crippen LogP contribution in [0.15, 0.2) is 30.3 Å². The Morgan fingerprint density at radius 2 is 1.95 bits per heavy atom. The van der Waals surface area contributed by atoms with Crippen LogP contribution in [0.4, 0.5) is 0 Å². The molecule has 1 amide bonds. The van der Waals surface area contributed by atoms with Crippen LogP contribution in [-0.4, -0.2) is 42.4 Å². The highest BCUT2D eigenvalue weighted by Crippen LogP contribution is 2.08. The van der Waals surface area contributed by atoms with Crippen molar-refractivity contribution in [2.24, 2.45) is 0 Å². The van der Waals surface area contributed by atoms with Crippen molar-refractivity contribution in [2.75, 3.05) is 20.6 Å². The second-order valence-electron chi connectivity index (χ2n) is 4.74. The minimum absolute atomic E-state index is 0.0497. The van der Waals surface area contributed by atoms with E-state index >= 15 is 0 Å². The molecule has 0 bridgehead atoms. The minimum atomic E-state index is -0.191. The second kappa shape index (κ2) is 7.55. The lowest BCUT2D eigenvalue weighted by molar-refractivity contribution is -0.134. The topological polar surface area (TPSA) is 47.3 Å². The molecule has 1 unspecified atom stereocenters. The Bertz CT molecular complexity index is 438. The van der Waals surface area contributed by atoms with E-state index in [1.54, 1.807) is 11.9 Å². The molecule has 0 heterocycles. The third-order valence-electron chi connectivity index (χ3n) is 3.23. The molecular weight excluding hydrogens is 238 g/mol. The Morgan fingerprint density at radius 3 is 2.53 bits per heavy atom. The number of hydrogen-bond acceptors (Lipinski definition) is 3. The maximum atomic E-state index is 12.2. The standard InChI is InChI=1S/C15H21N3O/c1-13(15(19)17(2)11-7-10-16)18(3)12-14-8-5-4-6-9-14/h4-6,8-9,13H,7,11-12H2,1-3H3. The van der Waals surface area contributed by atoms with Crippen molar-refractivity contribution in [1.29, 1.82) is 5.26 Å². The van der Waals surface area contributed by atoms with Crippen LogP contribution in [0.2, 0.25) is 0 Å². The molecule has 0 fully saturated rings. The smallest absolute Gasteiger partial charge is 0.239 e. The van der Waals surface area contributed by atoms with E-state index < -0.39 is 0 Å². The quantitative estimate of drug-likeness (QED) is 0.783. The van der Waals surface area contributed by atoms with Crippen LogP contribution in [0.25, 0.3) is 0 Å². The molecule has 0 radical (unpaired) electrons. The second-order valence-corrected chi connectivity index (χ2v) is 4.74. The van der Waals surface area contributed by atoms with Crippen LogP contribution in [0.1, 0.15) is 18.9 Å². The largest absolute Gasteiger partial charge is 0.343 e. The molecule has 0 aromatic heterocycles. The molecule has 0 N–H and O–H groups in total. The summed E-state index contributed by atoms with van der Waals surface area (Å²) in [6.07, 6.45) is 0.372. The summed E-state index contributed by atoms with van der Waals surface area (Å²) in [5.41, 5.74) is 1.18. The van der Waals surface area contributed by atoms with Gasteiger partial charge in [0.25, 0.3) is 0 Å². The van der Waals surface area contributed by atoms with Crippen LogP contribution in [0, 0.1) is 11.3 Å². The van der Waals surface area contributed by atoms with Gasteiger partial charge in [-0.2, -0.15) is 5.26 Å². The van der Waals surface area contributed by atoms with Crippen molar-refractivity contribution in [3.8, 4) is 6.07 Å². The highest BCUT2D eigenvalue weighted by molar-refractivity contribution is 5.81. The van der Waals surface area contributed by atoms with E-state index in [9.17, 15) is 4.79 Å². The summed E-state index contributed by atoms with van der Waals surface area (Å²) in [5, 5.41) is 8.54. The van der Waals surface area contributed by atoms with E-state index in [-0.39, 0.29) is 11.9 Å². The normalized spacial score (nSPS) is 11.9. The van der Waals surface area contributed by atoms with Gasteiger partial charge >= 0.3 is 0 Å². The molecule has 0 saturated heterocycles. The van der Waals surface area contributed by atoms with Crippen molar-refractivity contribution in [3.63, 3.8) is 0 Å². The molecule has 0 aliphatic carbocycles. The fraction of sp³-hybridized carbons (Fsp3) is 0.467. The number of nitrogens with zero attached hydrogens (tertiary/aromatic N) is 3. The summed E-state index contributed by atoms with van der Waals surface area (Å²) in [7, 11) is 3.68. The van der Waals surface area contributed by atoms with Crippen molar-refractivity contribution in [2.45, 2.75) is 25.9 Å². The first-order valence-electron chi connectivity index (χ1n) is 6.42. The summed E-state index contributed by atoms with van der Waals surface area (Å²) < 4.78 is 0. The number of nitriles is 1. The van der Waals surface area contributed by atoms with E-state index in [0.29, 0.717) is 13.0 Å². The summed E-state index contributed by atoms with van der Waals surface area (Å²) in [4.78, 5) is 15.8. The van der Waals surface area contributed by atoms with E-state index in [1.165, 1.54) is 5.56 Å². The van der Waals surface area contributed by atoms with Gasteiger partial charge in [0.15, 0.2) is 0 Å². The zero-order valence-corrected chi connectivity index (χ0v) is 11.8. The lowest BCUT2D eigenvalue weighted by Crippen LogP contribution is -2.44. The zero-order valence-electron chi connectivity index (χ0n) is 11.8. The predicted octanol–water partition coefficient (Wildman–Crippen LogP) is 1.88. The fourth-order valence-electron chi connectivity index (χ4n) is 1.84. The van der Waals surface area contributed by atoms with Crippen LogP contribution >= 0.6 is 0 Å². The molecule has 0 aliphatic rings. The average molecular weight is 259 g/mol. The number of likely N-dealkylation sites (N-methyl/N-ethyl adjacent to an activating group) is 2. The van der Waals surface area contributed by atoms with Gasteiger partial charge in [0.05, 0.1) is 18.5 Å². The van der Waals surface area contributed by atoms with E-state index in [0.717, 1.165) is 6.54 Å². The predicted molar refractivity (Wildman–Crippen MR) is 75.2 cm³/mol. The molecule has 19 heavy (non-hydrogen) atoms. The van der Waals surface area contributed by atoms with Gasteiger partial charge in [-0.1, -0.05) is 30.3 Å². The van der Waals surface area contributed by atoms with Gasteiger partial charge in [0.2, 0.25) is 5.91 Å². The lowest BCUT2D eigenvalue weighted by Gasteiger charge is -2.27. The molecule has 1 atom stereocenters. The summed E-state index contributed by atoms with van der Waals surface area (Å²) in [5.74, 6) is 0.0497. The van der Waals surface area contributed by atoms with Gasteiger partial charge < -0.3 is 4.90 Å². The first kappa shape index (κ1) is 15.2. The van der Waals surface area contributed by atoms with Crippen LogP contribution in [0.5, 0.6) is 0 Å². The molecule has 4 heteroatoms. The van der Waals surface area contributed by atoms with Crippen LogP contribution < -0.4 is 0 Å². The molecular formula is C15H21N3O. The third kappa shape index (κ3) is 4.72. The molecule has 0 saturated carbocycles.